The summed E-state index contributed by atoms with van der Waals surface area (Å²) in [7, 11) is 1.62. The number of rotatable bonds is 6. The fraction of sp³-hybridized carbons (Fsp3) is 0.889. The van der Waals surface area contributed by atoms with Crippen molar-refractivity contribution in [2.24, 2.45) is 5.73 Å². The molecular weight excluding hydrogens is 168 g/mol. The molecular formula is C9H20N2O2. The lowest BCUT2D eigenvalue weighted by Gasteiger charge is -2.23. The number of carbonyl (C=O) groups is 1. The Morgan fingerprint density at radius 2 is 2.15 bits per heavy atom. The van der Waals surface area contributed by atoms with E-state index >= 15 is 0 Å². The molecule has 4 heteroatoms. The molecule has 78 valence electrons. The Hall–Kier alpha value is -0.610. The van der Waals surface area contributed by atoms with Crippen molar-refractivity contribution in [3.63, 3.8) is 0 Å². The summed E-state index contributed by atoms with van der Waals surface area (Å²) >= 11 is 0. The third-order valence-electron chi connectivity index (χ3n) is 2.02. The van der Waals surface area contributed by atoms with E-state index in [9.17, 15) is 4.79 Å². The van der Waals surface area contributed by atoms with Crippen molar-refractivity contribution in [1.82, 2.24) is 4.90 Å². The first kappa shape index (κ1) is 12.4. The number of methoxy groups -OCH3 is 1. The summed E-state index contributed by atoms with van der Waals surface area (Å²) in [6, 6.07) is -0.364. The fourth-order valence-corrected chi connectivity index (χ4v) is 1.03. The quantitative estimate of drug-likeness (QED) is 0.648. The number of carbonyl (C=O) groups excluding carboxylic acids is 1. The standard InChI is InChI=1S/C9H20N2O2/c1-4-8(10)9(12)11(5-2)6-7-13-3/h8H,4-7,10H2,1-3H3/t8-/m0/s1. The topological polar surface area (TPSA) is 55.6 Å². The number of nitrogens with zero attached hydrogens (tertiary/aromatic N) is 1. The van der Waals surface area contributed by atoms with Crippen molar-refractivity contribution in [3.05, 3.63) is 0 Å². The van der Waals surface area contributed by atoms with Crippen molar-refractivity contribution in [3.8, 4) is 0 Å². The lowest BCUT2D eigenvalue weighted by atomic mass is 10.2. The molecule has 13 heavy (non-hydrogen) atoms. The third-order valence-corrected chi connectivity index (χ3v) is 2.02. The van der Waals surface area contributed by atoms with Gasteiger partial charge in [0.25, 0.3) is 0 Å². The molecule has 0 aliphatic carbocycles. The lowest BCUT2D eigenvalue weighted by Crippen LogP contribution is -2.44. The molecule has 0 spiro atoms. The van der Waals surface area contributed by atoms with Crippen LogP contribution in [-0.2, 0) is 9.53 Å². The van der Waals surface area contributed by atoms with E-state index in [1.54, 1.807) is 12.0 Å². The minimum absolute atomic E-state index is 0.0158. The highest BCUT2D eigenvalue weighted by Gasteiger charge is 2.17. The van der Waals surface area contributed by atoms with Gasteiger partial charge in [0.15, 0.2) is 0 Å². The Bertz CT molecular complexity index is 151. The number of hydrogen-bond donors (Lipinski definition) is 1. The molecule has 0 saturated carbocycles. The van der Waals surface area contributed by atoms with Gasteiger partial charge in [-0.25, -0.2) is 0 Å². The summed E-state index contributed by atoms with van der Waals surface area (Å²) in [6.45, 7) is 5.73. The first-order valence-electron chi connectivity index (χ1n) is 4.70. The van der Waals surface area contributed by atoms with E-state index in [0.29, 0.717) is 26.1 Å². The molecule has 0 bridgehead atoms. The van der Waals surface area contributed by atoms with Crippen molar-refractivity contribution >= 4 is 5.91 Å². The Balaban J connectivity index is 3.98. The van der Waals surface area contributed by atoms with Gasteiger partial charge in [0.05, 0.1) is 12.6 Å². The van der Waals surface area contributed by atoms with Gasteiger partial charge in [0, 0.05) is 20.2 Å². The maximum Gasteiger partial charge on any atom is 0.239 e. The monoisotopic (exact) mass is 188 g/mol. The van der Waals surface area contributed by atoms with Gasteiger partial charge in [-0.2, -0.15) is 0 Å². The largest absolute Gasteiger partial charge is 0.383 e. The van der Waals surface area contributed by atoms with E-state index < -0.39 is 0 Å². The zero-order chi connectivity index (χ0) is 10.3. The number of ether oxygens (including phenoxy) is 1. The highest BCUT2D eigenvalue weighted by Crippen LogP contribution is 1.96. The summed E-state index contributed by atoms with van der Waals surface area (Å²) in [5.41, 5.74) is 5.63. The van der Waals surface area contributed by atoms with Crippen LogP contribution in [0.4, 0.5) is 0 Å². The van der Waals surface area contributed by atoms with Gasteiger partial charge >= 0.3 is 0 Å². The summed E-state index contributed by atoms with van der Waals surface area (Å²) in [5, 5.41) is 0. The van der Waals surface area contributed by atoms with E-state index in [4.69, 9.17) is 10.5 Å². The van der Waals surface area contributed by atoms with Crippen molar-refractivity contribution < 1.29 is 9.53 Å². The number of nitrogens with two attached hydrogens (primary N) is 1. The van der Waals surface area contributed by atoms with E-state index in [1.807, 2.05) is 13.8 Å². The van der Waals surface area contributed by atoms with E-state index in [2.05, 4.69) is 0 Å². The van der Waals surface area contributed by atoms with Crippen LogP contribution >= 0.6 is 0 Å². The van der Waals surface area contributed by atoms with Crippen LogP contribution in [0.15, 0.2) is 0 Å². The molecule has 0 fully saturated rings. The van der Waals surface area contributed by atoms with E-state index in [-0.39, 0.29) is 11.9 Å². The van der Waals surface area contributed by atoms with Gasteiger partial charge in [-0.05, 0) is 13.3 Å². The molecule has 4 nitrogen and oxygen atoms in total. The predicted molar refractivity (Wildman–Crippen MR) is 52.4 cm³/mol. The molecule has 0 rings (SSSR count). The second kappa shape index (κ2) is 6.86. The zero-order valence-corrected chi connectivity index (χ0v) is 8.75. The van der Waals surface area contributed by atoms with Crippen molar-refractivity contribution in [1.29, 1.82) is 0 Å². The maximum absolute atomic E-state index is 11.6. The van der Waals surface area contributed by atoms with Crippen LogP contribution in [0.2, 0.25) is 0 Å². The van der Waals surface area contributed by atoms with Gasteiger partial charge in [0.2, 0.25) is 5.91 Å². The van der Waals surface area contributed by atoms with Gasteiger partial charge < -0.3 is 15.4 Å². The van der Waals surface area contributed by atoms with Crippen LogP contribution in [0.5, 0.6) is 0 Å². The van der Waals surface area contributed by atoms with Gasteiger partial charge in [0.1, 0.15) is 0 Å². The SMILES string of the molecule is CC[C@H](N)C(=O)N(CC)CCOC. The van der Waals surface area contributed by atoms with Gasteiger partial charge in [-0.15, -0.1) is 0 Å². The van der Waals surface area contributed by atoms with Crippen LogP contribution in [0.1, 0.15) is 20.3 Å². The van der Waals surface area contributed by atoms with Gasteiger partial charge in [-0.1, -0.05) is 6.92 Å². The molecule has 1 atom stereocenters. The number of hydrogen-bond acceptors (Lipinski definition) is 3. The smallest absolute Gasteiger partial charge is 0.239 e. The second-order valence-electron chi connectivity index (χ2n) is 2.93. The third kappa shape index (κ3) is 4.24. The molecule has 0 aromatic carbocycles. The first-order valence-corrected chi connectivity index (χ1v) is 4.70. The number of amides is 1. The average molecular weight is 188 g/mol. The Morgan fingerprint density at radius 1 is 1.54 bits per heavy atom. The Kier molecular flexibility index (Phi) is 6.54. The molecule has 0 heterocycles. The van der Waals surface area contributed by atoms with Crippen molar-refractivity contribution in [2.45, 2.75) is 26.3 Å². The molecule has 0 aromatic rings. The molecule has 0 radical (unpaired) electrons. The summed E-state index contributed by atoms with van der Waals surface area (Å²) in [4.78, 5) is 13.3. The van der Waals surface area contributed by atoms with E-state index in [1.165, 1.54) is 0 Å². The fourth-order valence-electron chi connectivity index (χ4n) is 1.03. The maximum atomic E-state index is 11.6. The minimum Gasteiger partial charge on any atom is -0.383 e. The molecule has 0 saturated heterocycles. The zero-order valence-electron chi connectivity index (χ0n) is 8.75. The second-order valence-corrected chi connectivity index (χ2v) is 2.93. The summed E-state index contributed by atoms with van der Waals surface area (Å²) < 4.78 is 4.90. The van der Waals surface area contributed by atoms with E-state index in [0.717, 1.165) is 0 Å². The van der Waals surface area contributed by atoms with Crippen LogP contribution in [0.25, 0.3) is 0 Å². The lowest BCUT2D eigenvalue weighted by molar-refractivity contribution is -0.133. The van der Waals surface area contributed by atoms with Crippen LogP contribution in [-0.4, -0.2) is 43.7 Å². The van der Waals surface area contributed by atoms with Crippen LogP contribution in [0, 0.1) is 0 Å². The normalized spacial score (nSPS) is 12.6. The average Bonchev–Trinajstić information content (AvgIpc) is 2.17. The van der Waals surface area contributed by atoms with Gasteiger partial charge in [-0.3, -0.25) is 4.79 Å². The molecule has 0 aliphatic heterocycles. The molecule has 1 amide bonds. The van der Waals surface area contributed by atoms with Crippen LogP contribution in [0.3, 0.4) is 0 Å². The van der Waals surface area contributed by atoms with Crippen molar-refractivity contribution in [2.75, 3.05) is 26.8 Å². The minimum atomic E-state index is -0.364. The molecule has 2 N–H and O–H groups in total. The summed E-state index contributed by atoms with van der Waals surface area (Å²) in [6.07, 6.45) is 0.683. The molecule has 0 unspecified atom stereocenters. The highest BCUT2D eigenvalue weighted by atomic mass is 16.5. The summed E-state index contributed by atoms with van der Waals surface area (Å²) in [5.74, 6) is 0.0158. The highest BCUT2D eigenvalue weighted by molar-refractivity contribution is 5.81. The molecule has 0 aliphatic rings. The Labute approximate surface area is 80.0 Å². The Morgan fingerprint density at radius 3 is 2.54 bits per heavy atom. The van der Waals surface area contributed by atoms with Crippen LogP contribution < -0.4 is 5.73 Å². The first-order chi connectivity index (χ1) is 6.17. The predicted octanol–water partition coefficient (Wildman–Crippen LogP) is 0.219. The molecule has 0 aromatic heterocycles. The number of likely N-dealkylation sites (N-methyl/N-ethyl adjacent to an activating group) is 1.